The molecule has 1 saturated carbocycles. The largest absolute Gasteiger partial charge is 0.368 e. The maximum atomic E-state index is 5.96. The first-order valence-electron chi connectivity index (χ1n) is 5.94. The molecule has 1 fully saturated rings. The topological polar surface area (TPSA) is 37.8 Å². The molecule has 0 atom stereocenters. The Bertz CT molecular complexity index is 583. The Morgan fingerprint density at radius 1 is 1.33 bits per heavy atom. The second-order valence-corrected chi connectivity index (χ2v) is 6.21. The Hall–Kier alpha value is -1.00. The predicted octanol–water partition coefficient (Wildman–Crippen LogP) is 3.59. The number of fused-ring (bicyclic) bond motifs is 1. The molecule has 1 aromatic carbocycles. The van der Waals surface area contributed by atoms with Crippen LogP contribution in [-0.2, 0) is 0 Å². The van der Waals surface area contributed by atoms with Gasteiger partial charge in [0, 0.05) is 16.7 Å². The van der Waals surface area contributed by atoms with E-state index in [9.17, 15) is 0 Å². The lowest BCUT2D eigenvalue weighted by Crippen LogP contribution is -2.18. The monoisotopic (exact) mass is 279 g/mol. The van der Waals surface area contributed by atoms with Crippen LogP contribution in [0, 0.1) is 0 Å². The van der Waals surface area contributed by atoms with E-state index in [0.29, 0.717) is 10.0 Å². The summed E-state index contributed by atoms with van der Waals surface area (Å²) < 4.78 is 0.401. The summed E-state index contributed by atoms with van der Waals surface area (Å²) >= 11 is 7.88. The van der Waals surface area contributed by atoms with Crippen molar-refractivity contribution in [3.05, 3.63) is 29.5 Å². The Labute approximate surface area is 115 Å². The average molecular weight is 280 g/mol. The second-order valence-electron chi connectivity index (χ2n) is 4.60. The molecule has 18 heavy (non-hydrogen) atoms. The Kier molecular flexibility index (Phi) is 3.08. The molecule has 1 aromatic heterocycles. The Morgan fingerprint density at radius 3 is 2.83 bits per heavy atom. The fourth-order valence-electron chi connectivity index (χ4n) is 2.02. The molecule has 3 rings (SSSR count). The summed E-state index contributed by atoms with van der Waals surface area (Å²) in [6, 6.07) is 7.92. The zero-order valence-corrected chi connectivity index (χ0v) is 11.7. The highest BCUT2D eigenvalue weighted by Gasteiger charge is 2.41. The van der Waals surface area contributed by atoms with E-state index in [2.05, 4.69) is 21.5 Å². The highest BCUT2D eigenvalue weighted by atomic mass is 35.5. The molecule has 0 spiro atoms. The first-order valence-corrected chi connectivity index (χ1v) is 7.54. The molecule has 0 amide bonds. The zero-order valence-electron chi connectivity index (χ0n) is 10.1. The van der Waals surface area contributed by atoms with Crippen LogP contribution in [0.4, 0.5) is 5.82 Å². The fourth-order valence-corrected chi connectivity index (χ4v) is 2.92. The number of nitrogens with one attached hydrogen (secondary N) is 1. The minimum atomic E-state index is 0.296. The van der Waals surface area contributed by atoms with Gasteiger partial charge in [-0.15, -0.1) is 0 Å². The van der Waals surface area contributed by atoms with Gasteiger partial charge in [-0.25, -0.2) is 9.97 Å². The molecule has 1 heterocycles. The molecule has 0 unspecified atom stereocenters. The number of hydrogen-bond acceptors (Lipinski definition) is 4. The highest BCUT2D eigenvalue weighted by molar-refractivity contribution is 8.00. The normalized spacial score (nSPS) is 16.8. The van der Waals surface area contributed by atoms with Gasteiger partial charge in [0.1, 0.15) is 5.82 Å². The van der Waals surface area contributed by atoms with Crippen molar-refractivity contribution in [1.29, 1.82) is 0 Å². The predicted molar refractivity (Wildman–Crippen MR) is 78.5 cm³/mol. The number of rotatable bonds is 4. The number of hydrogen-bond donors (Lipinski definition) is 1. The lowest BCUT2D eigenvalue weighted by atomic mass is 10.2. The number of halogens is 1. The summed E-state index contributed by atoms with van der Waals surface area (Å²) in [7, 11) is 0. The first kappa shape index (κ1) is 12.1. The number of para-hydroxylation sites is 1. The maximum absolute atomic E-state index is 5.96. The van der Waals surface area contributed by atoms with Crippen LogP contribution in [0.1, 0.15) is 12.8 Å². The van der Waals surface area contributed by atoms with Gasteiger partial charge in [0.15, 0.2) is 0 Å². The van der Waals surface area contributed by atoms with E-state index >= 15 is 0 Å². The lowest BCUT2D eigenvalue weighted by Gasteiger charge is -2.14. The average Bonchev–Trinajstić information content (AvgIpc) is 3.16. The van der Waals surface area contributed by atoms with Crippen LogP contribution in [0.25, 0.3) is 10.9 Å². The van der Waals surface area contributed by atoms with Gasteiger partial charge in [0.25, 0.3) is 0 Å². The molecule has 1 N–H and O–H groups in total. The Morgan fingerprint density at radius 2 is 2.11 bits per heavy atom. The van der Waals surface area contributed by atoms with Crippen molar-refractivity contribution in [2.24, 2.45) is 0 Å². The van der Waals surface area contributed by atoms with E-state index in [1.165, 1.54) is 12.8 Å². The summed E-state index contributed by atoms with van der Waals surface area (Å²) in [5.74, 6) is 0.839. The van der Waals surface area contributed by atoms with Crippen molar-refractivity contribution in [2.45, 2.75) is 17.6 Å². The minimum Gasteiger partial charge on any atom is -0.368 e. The van der Waals surface area contributed by atoms with E-state index in [1.54, 1.807) is 0 Å². The van der Waals surface area contributed by atoms with Gasteiger partial charge in [-0.1, -0.05) is 12.1 Å². The first-order chi connectivity index (χ1) is 8.72. The van der Waals surface area contributed by atoms with Crippen molar-refractivity contribution in [1.82, 2.24) is 9.97 Å². The van der Waals surface area contributed by atoms with E-state index in [0.717, 1.165) is 23.3 Å². The smallest absolute Gasteiger partial charge is 0.224 e. The van der Waals surface area contributed by atoms with Gasteiger partial charge in [-0.05, 0) is 42.8 Å². The van der Waals surface area contributed by atoms with E-state index in [1.807, 2.05) is 36.0 Å². The molecule has 1 aliphatic carbocycles. The van der Waals surface area contributed by atoms with Crippen LogP contribution < -0.4 is 5.32 Å². The van der Waals surface area contributed by atoms with Crippen molar-refractivity contribution in [3.8, 4) is 0 Å². The van der Waals surface area contributed by atoms with Crippen LogP contribution in [0.2, 0.25) is 5.28 Å². The Balaban J connectivity index is 1.91. The summed E-state index contributed by atoms with van der Waals surface area (Å²) in [6.45, 7) is 0.936. The summed E-state index contributed by atoms with van der Waals surface area (Å²) in [6.07, 6.45) is 4.72. The molecule has 0 radical (unpaired) electrons. The van der Waals surface area contributed by atoms with Crippen LogP contribution in [0.15, 0.2) is 24.3 Å². The molecule has 2 aromatic rings. The number of benzene rings is 1. The lowest BCUT2D eigenvalue weighted by molar-refractivity contribution is 0.941. The van der Waals surface area contributed by atoms with E-state index in [-0.39, 0.29) is 0 Å². The third-order valence-electron chi connectivity index (χ3n) is 3.39. The number of nitrogens with zero attached hydrogens (tertiary/aromatic N) is 2. The zero-order chi connectivity index (χ0) is 12.6. The van der Waals surface area contributed by atoms with Gasteiger partial charge >= 0.3 is 0 Å². The third-order valence-corrected chi connectivity index (χ3v) is 4.98. The molecule has 0 aliphatic heterocycles. The van der Waals surface area contributed by atoms with E-state index < -0.39 is 0 Å². The maximum Gasteiger partial charge on any atom is 0.224 e. The molecule has 1 aliphatic rings. The van der Waals surface area contributed by atoms with Gasteiger partial charge in [0.05, 0.1) is 5.52 Å². The molecule has 94 valence electrons. The van der Waals surface area contributed by atoms with Crippen molar-refractivity contribution < 1.29 is 0 Å². The van der Waals surface area contributed by atoms with Crippen LogP contribution in [0.3, 0.4) is 0 Å². The van der Waals surface area contributed by atoms with Crippen molar-refractivity contribution >= 4 is 40.1 Å². The summed E-state index contributed by atoms with van der Waals surface area (Å²) in [5, 5.41) is 4.75. The summed E-state index contributed by atoms with van der Waals surface area (Å²) in [4.78, 5) is 8.53. The second kappa shape index (κ2) is 4.59. The van der Waals surface area contributed by atoms with E-state index in [4.69, 9.17) is 11.6 Å². The van der Waals surface area contributed by atoms with Gasteiger partial charge in [-0.2, -0.15) is 11.8 Å². The molecule has 0 saturated heterocycles. The third kappa shape index (κ3) is 2.27. The van der Waals surface area contributed by atoms with Crippen LogP contribution >= 0.6 is 23.4 Å². The molecule has 0 bridgehead atoms. The summed E-state index contributed by atoms with van der Waals surface area (Å²) in [5.41, 5.74) is 0.883. The molecular weight excluding hydrogens is 266 g/mol. The number of anilines is 1. The van der Waals surface area contributed by atoms with Gasteiger partial charge < -0.3 is 5.32 Å². The van der Waals surface area contributed by atoms with Crippen LogP contribution in [0.5, 0.6) is 0 Å². The highest BCUT2D eigenvalue weighted by Crippen LogP contribution is 2.47. The van der Waals surface area contributed by atoms with Crippen LogP contribution in [-0.4, -0.2) is 27.5 Å². The van der Waals surface area contributed by atoms with Crippen molar-refractivity contribution in [3.63, 3.8) is 0 Å². The molecule has 5 heteroatoms. The SMILES string of the molecule is CSC1(CNc2nc(Cl)nc3ccccc23)CC1. The van der Waals surface area contributed by atoms with Crippen molar-refractivity contribution in [2.75, 3.05) is 18.1 Å². The standard InChI is InChI=1S/C13H14ClN3S/c1-18-13(6-7-13)8-15-11-9-4-2-3-5-10(9)16-12(14)17-11/h2-5H,6-8H2,1H3,(H,15,16,17). The fraction of sp³-hybridized carbons (Fsp3) is 0.385. The number of thioether (sulfide) groups is 1. The van der Waals surface area contributed by atoms with Gasteiger partial charge in [0.2, 0.25) is 5.28 Å². The minimum absolute atomic E-state index is 0.296. The van der Waals surface area contributed by atoms with Gasteiger partial charge in [-0.3, -0.25) is 0 Å². The molecular formula is C13H14ClN3S. The molecule has 3 nitrogen and oxygen atoms in total. The quantitative estimate of drug-likeness (QED) is 0.868. The number of aromatic nitrogens is 2.